The minimum Gasteiger partial charge on any atom is -0.450 e. The van der Waals surface area contributed by atoms with Crippen LogP contribution in [0.2, 0.25) is 0 Å². The summed E-state index contributed by atoms with van der Waals surface area (Å²) in [6.07, 6.45) is 0.510. The summed E-state index contributed by atoms with van der Waals surface area (Å²) in [5.41, 5.74) is 0. The van der Waals surface area contributed by atoms with E-state index in [2.05, 4.69) is 6.58 Å². The number of allylic oxidation sites excluding steroid dienone is 1. The Kier molecular flexibility index (Phi) is 11.3. The van der Waals surface area contributed by atoms with Crippen molar-refractivity contribution in [2.24, 2.45) is 0 Å². The lowest BCUT2D eigenvalue weighted by atomic mass is 10.7. The van der Waals surface area contributed by atoms with Gasteiger partial charge in [-0.3, -0.25) is 0 Å². The summed E-state index contributed by atoms with van der Waals surface area (Å²) >= 11 is 0. The van der Waals surface area contributed by atoms with E-state index in [1.54, 1.807) is 0 Å². The zero-order chi connectivity index (χ0) is 7.70. The number of hydrogen-bond acceptors (Lipinski definition) is 1. The zero-order valence-electron chi connectivity index (χ0n) is 4.47. The molecule has 0 aromatic heterocycles. The molecule has 0 unspecified atom stereocenters. The van der Waals surface area contributed by atoms with Gasteiger partial charge in [0.05, 0.1) is 0 Å². The molecule has 0 aliphatic carbocycles. The first kappa shape index (κ1) is 10.5. The van der Waals surface area contributed by atoms with Gasteiger partial charge in [-0.05, 0) is 12.0 Å². The second-order valence-corrected chi connectivity index (χ2v) is 0.726. The Hall–Kier alpha value is -1.50. The van der Waals surface area contributed by atoms with Crippen LogP contribution in [0.1, 0.15) is 0 Å². The van der Waals surface area contributed by atoms with Crippen molar-refractivity contribution in [3.63, 3.8) is 0 Å². The van der Waals surface area contributed by atoms with E-state index >= 15 is 0 Å². The maximum absolute atomic E-state index is 10.6. The summed E-state index contributed by atoms with van der Waals surface area (Å²) in [6, 6.07) is 0. The lowest BCUT2D eigenvalue weighted by Crippen LogP contribution is -1.81. The van der Waals surface area contributed by atoms with Gasteiger partial charge >= 0.3 is 6.16 Å². The zero-order valence-corrected chi connectivity index (χ0v) is 4.47. The molecule has 0 fully saturated rings. The van der Waals surface area contributed by atoms with Crippen molar-refractivity contribution < 1.29 is 19.4 Å². The van der Waals surface area contributed by atoms with Crippen molar-refractivity contribution in [1.29, 1.82) is 0 Å². The van der Waals surface area contributed by atoms with Crippen LogP contribution in [0.4, 0.5) is 9.18 Å². The first-order chi connectivity index (χ1) is 4.15. The van der Waals surface area contributed by atoms with E-state index in [1.165, 1.54) is 6.08 Å². The molecule has 0 atom stereocenters. The fourth-order valence-corrected chi connectivity index (χ4v) is 0.0386. The largest absolute Gasteiger partial charge is 0.503 e. The molecular weight excluding hydrogens is 127 g/mol. The molecule has 0 bridgehead atoms. The number of hydrogen-bond donors (Lipinski definition) is 2. The molecule has 0 aliphatic rings. The first-order valence-electron chi connectivity index (χ1n) is 1.79. The van der Waals surface area contributed by atoms with Gasteiger partial charge in [-0.25, -0.2) is 4.79 Å². The van der Waals surface area contributed by atoms with Crippen LogP contribution in [0, 0.1) is 12.1 Å². The summed E-state index contributed by atoms with van der Waals surface area (Å²) in [7, 11) is 0. The Bertz CT molecular complexity index is 138. The van der Waals surface area contributed by atoms with Gasteiger partial charge in [0, 0.05) is 0 Å². The molecule has 0 amide bonds. The minimum atomic E-state index is -1.83. The van der Waals surface area contributed by atoms with Crippen LogP contribution in [-0.4, -0.2) is 16.4 Å². The normalized spacial score (nSPS) is 5.00. The molecule has 0 heterocycles. The second kappa shape index (κ2) is 9.71. The smallest absolute Gasteiger partial charge is 0.450 e. The fraction of sp³-hybridized carbons (Fsp3) is 0. The Morgan fingerprint density at radius 3 is 2.00 bits per heavy atom. The van der Waals surface area contributed by atoms with Crippen molar-refractivity contribution >= 4 is 6.16 Å². The molecule has 0 aromatic rings. The van der Waals surface area contributed by atoms with Crippen LogP contribution in [0.25, 0.3) is 0 Å². The van der Waals surface area contributed by atoms with E-state index in [-0.39, 0.29) is 0 Å². The van der Waals surface area contributed by atoms with Gasteiger partial charge < -0.3 is 10.2 Å². The maximum Gasteiger partial charge on any atom is 0.503 e. The van der Waals surface area contributed by atoms with Crippen LogP contribution in [0.5, 0.6) is 0 Å². The molecule has 0 rings (SSSR count). The molecule has 2 N–H and O–H groups in total. The summed E-state index contributed by atoms with van der Waals surface area (Å²) < 4.78 is 10.6. The van der Waals surface area contributed by atoms with E-state index < -0.39 is 6.16 Å². The summed E-state index contributed by atoms with van der Waals surface area (Å²) in [5, 5.41) is 13.9. The number of carboxylic acid groups (broad SMARTS) is 2. The lowest BCUT2D eigenvalue weighted by Gasteiger charge is -1.60. The highest BCUT2D eigenvalue weighted by molar-refractivity contribution is 5.53. The Labute approximate surface area is 51.4 Å². The van der Waals surface area contributed by atoms with E-state index in [1.807, 2.05) is 5.92 Å². The third kappa shape index (κ3) is 526. The molecule has 0 aromatic carbocycles. The molecule has 9 heavy (non-hydrogen) atoms. The number of carbonyl (C=O) groups is 1. The van der Waals surface area contributed by atoms with E-state index in [0.29, 0.717) is 0 Å². The molecule has 0 spiro atoms. The summed E-state index contributed by atoms with van der Waals surface area (Å²) in [6.45, 7) is 3.14. The third-order valence-corrected chi connectivity index (χ3v) is 0.157. The molecule has 0 radical (unpaired) electrons. The van der Waals surface area contributed by atoms with E-state index in [0.717, 1.165) is 6.17 Å². The van der Waals surface area contributed by atoms with E-state index in [4.69, 9.17) is 15.0 Å². The summed E-state index contributed by atoms with van der Waals surface area (Å²) in [4.78, 5) is 8.56. The number of halogens is 1. The summed E-state index contributed by atoms with van der Waals surface area (Å²) in [5.74, 6) is 1.96. The van der Waals surface area contributed by atoms with Gasteiger partial charge in [0.2, 0.25) is 0 Å². The van der Waals surface area contributed by atoms with Crippen molar-refractivity contribution in [2.75, 3.05) is 0 Å². The predicted octanol–water partition coefficient (Wildman–Crippen LogP) is 1.33. The molecule has 0 aliphatic heterocycles. The monoisotopic (exact) mass is 132 g/mol. The van der Waals surface area contributed by atoms with Crippen LogP contribution in [-0.2, 0) is 0 Å². The van der Waals surface area contributed by atoms with Crippen LogP contribution < -0.4 is 0 Å². The lowest BCUT2D eigenvalue weighted by molar-refractivity contribution is 0.137. The van der Waals surface area contributed by atoms with Crippen LogP contribution in [0.15, 0.2) is 12.7 Å². The van der Waals surface area contributed by atoms with Crippen molar-refractivity contribution in [3.05, 3.63) is 12.7 Å². The van der Waals surface area contributed by atoms with Crippen LogP contribution >= 0.6 is 0 Å². The number of rotatable bonds is 0. The third-order valence-electron chi connectivity index (χ3n) is 0.157. The SMILES string of the molecule is C=CC#CF.O=C(O)O. The quantitative estimate of drug-likeness (QED) is 0.489. The fourth-order valence-electron chi connectivity index (χ4n) is 0.0386. The van der Waals surface area contributed by atoms with Crippen LogP contribution in [0.3, 0.4) is 0 Å². The Balaban J connectivity index is 0. The van der Waals surface area contributed by atoms with Crippen molar-refractivity contribution in [2.45, 2.75) is 0 Å². The molecule has 4 heteroatoms. The predicted molar refractivity (Wildman–Crippen MR) is 29.7 cm³/mol. The highest BCUT2D eigenvalue weighted by Crippen LogP contribution is 1.53. The molecule has 0 saturated carbocycles. The van der Waals surface area contributed by atoms with Gasteiger partial charge in [0.25, 0.3) is 0 Å². The first-order valence-corrected chi connectivity index (χ1v) is 1.79. The minimum absolute atomic E-state index is 1.15. The highest BCUT2D eigenvalue weighted by Gasteiger charge is 1.70. The standard InChI is InChI=1S/C4H3F.CH2O3/c1-2-3-4-5;2-1(3)4/h2H,1H2;(H2,2,3,4). The van der Waals surface area contributed by atoms with Gasteiger partial charge in [0.15, 0.2) is 0 Å². The second-order valence-electron chi connectivity index (χ2n) is 0.726. The Morgan fingerprint density at radius 2 is 2.00 bits per heavy atom. The highest BCUT2D eigenvalue weighted by atomic mass is 19.1. The molecule has 50 valence electrons. The maximum atomic E-state index is 10.6. The topological polar surface area (TPSA) is 57.5 Å². The molecule has 0 saturated heterocycles. The molecule has 3 nitrogen and oxygen atoms in total. The van der Waals surface area contributed by atoms with Gasteiger partial charge in [-0.2, -0.15) is 0 Å². The van der Waals surface area contributed by atoms with Gasteiger partial charge in [0.1, 0.15) is 6.17 Å². The van der Waals surface area contributed by atoms with Crippen molar-refractivity contribution in [1.82, 2.24) is 0 Å². The van der Waals surface area contributed by atoms with Gasteiger partial charge in [-0.15, -0.1) is 4.39 Å². The molecular formula is C5H5FO3. The average Bonchev–Trinajstić information content (AvgIpc) is 1.66. The Morgan fingerprint density at radius 1 is 1.67 bits per heavy atom. The van der Waals surface area contributed by atoms with E-state index in [9.17, 15) is 4.39 Å². The van der Waals surface area contributed by atoms with Crippen molar-refractivity contribution in [3.8, 4) is 12.1 Å². The average molecular weight is 132 g/mol. The van der Waals surface area contributed by atoms with Gasteiger partial charge in [-0.1, -0.05) is 6.58 Å².